The van der Waals surface area contributed by atoms with Crippen molar-refractivity contribution in [1.29, 1.82) is 0 Å². The maximum absolute atomic E-state index is 11.9. The predicted octanol–water partition coefficient (Wildman–Crippen LogP) is 1.13. The van der Waals surface area contributed by atoms with E-state index < -0.39 is 0 Å². The number of anilines is 1. The number of amides is 1. The maximum atomic E-state index is 11.9. The molecule has 0 fully saturated rings. The Morgan fingerprint density at radius 3 is 2.91 bits per heavy atom. The second-order valence-electron chi connectivity index (χ2n) is 5.51. The van der Waals surface area contributed by atoms with Crippen molar-refractivity contribution < 1.29 is 9.32 Å². The Hall–Kier alpha value is -2.35. The molecule has 118 valence electrons. The van der Waals surface area contributed by atoms with Crippen molar-refractivity contribution >= 4 is 11.7 Å². The number of rotatable bonds is 7. The van der Waals surface area contributed by atoms with Crippen LogP contribution in [0.15, 0.2) is 23.1 Å². The van der Waals surface area contributed by atoms with Crippen molar-refractivity contribution in [1.82, 2.24) is 25.0 Å². The molecule has 2 rings (SSSR count). The molecule has 0 aliphatic heterocycles. The molecule has 2 heterocycles. The summed E-state index contributed by atoms with van der Waals surface area (Å²) in [5.74, 6) is 1.93. The molecule has 2 aromatic heterocycles. The first kappa shape index (κ1) is 16.0. The molecule has 0 aliphatic carbocycles. The van der Waals surface area contributed by atoms with Crippen LogP contribution in [0.3, 0.4) is 0 Å². The second kappa shape index (κ2) is 7.60. The van der Waals surface area contributed by atoms with E-state index in [4.69, 9.17) is 4.52 Å². The van der Waals surface area contributed by atoms with Gasteiger partial charge < -0.3 is 9.84 Å². The largest absolute Gasteiger partial charge is 0.338 e. The van der Waals surface area contributed by atoms with Crippen LogP contribution in [-0.2, 0) is 17.8 Å². The van der Waals surface area contributed by atoms with Gasteiger partial charge in [-0.3, -0.25) is 14.7 Å². The molecule has 0 unspecified atom stereocenters. The Labute approximate surface area is 129 Å². The van der Waals surface area contributed by atoms with Gasteiger partial charge in [-0.2, -0.15) is 4.98 Å². The van der Waals surface area contributed by atoms with Crippen LogP contribution in [0.5, 0.6) is 0 Å². The van der Waals surface area contributed by atoms with E-state index in [-0.39, 0.29) is 12.5 Å². The number of nitrogens with zero attached hydrogens (tertiary/aromatic N) is 5. The topological polar surface area (TPSA) is 97.0 Å². The monoisotopic (exact) mass is 304 g/mol. The fourth-order valence-corrected chi connectivity index (χ4v) is 1.88. The average molecular weight is 304 g/mol. The smallest absolute Gasteiger partial charge is 0.240 e. The molecule has 1 N–H and O–H groups in total. The van der Waals surface area contributed by atoms with Crippen LogP contribution in [0.2, 0.25) is 0 Å². The molecule has 0 atom stereocenters. The standard InChI is InChI=1S/C14H20N6O2/c1-10(2)6-11-18-14(22-19-11)9-20(3)8-13(21)17-12-7-15-4-5-16-12/h4-5,7,10H,6,8-9H2,1-3H3,(H,16,17,21). The lowest BCUT2D eigenvalue weighted by Crippen LogP contribution is -2.30. The summed E-state index contributed by atoms with van der Waals surface area (Å²) in [6, 6.07) is 0. The molecule has 0 aromatic carbocycles. The molecule has 8 heteroatoms. The first-order valence-corrected chi connectivity index (χ1v) is 7.09. The summed E-state index contributed by atoms with van der Waals surface area (Å²) in [5, 5.41) is 6.59. The van der Waals surface area contributed by atoms with Crippen LogP contribution >= 0.6 is 0 Å². The molecule has 0 saturated heterocycles. The number of carbonyl (C=O) groups is 1. The zero-order valence-electron chi connectivity index (χ0n) is 13.0. The number of aromatic nitrogens is 4. The van der Waals surface area contributed by atoms with E-state index in [1.165, 1.54) is 12.4 Å². The van der Waals surface area contributed by atoms with Crippen LogP contribution in [0.25, 0.3) is 0 Å². The van der Waals surface area contributed by atoms with Crippen molar-refractivity contribution in [2.45, 2.75) is 26.8 Å². The summed E-state index contributed by atoms with van der Waals surface area (Å²) in [6.45, 7) is 4.80. The van der Waals surface area contributed by atoms with Crippen molar-refractivity contribution in [2.75, 3.05) is 18.9 Å². The predicted molar refractivity (Wildman–Crippen MR) is 79.8 cm³/mol. The van der Waals surface area contributed by atoms with Gasteiger partial charge in [0.1, 0.15) is 0 Å². The Morgan fingerprint density at radius 2 is 2.23 bits per heavy atom. The summed E-state index contributed by atoms with van der Waals surface area (Å²) in [7, 11) is 1.81. The minimum atomic E-state index is -0.176. The van der Waals surface area contributed by atoms with E-state index in [1.54, 1.807) is 11.1 Å². The van der Waals surface area contributed by atoms with Gasteiger partial charge in [0.2, 0.25) is 11.8 Å². The highest BCUT2D eigenvalue weighted by atomic mass is 16.5. The molecule has 1 amide bonds. The minimum absolute atomic E-state index is 0.176. The molecular formula is C14H20N6O2. The molecule has 8 nitrogen and oxygen atoms in total. The van der Waals surface area contributed by atoms with Crippen molar-refractivity contribution in [2.24, 2.45) is 5.92 Å². The van der Waals surface area contributed by atoms with Crippen molar-refractivity contribution in [3.63, 3.8) is 0 Å². The first-order valence-electron chi connectivity index (χ1n) is 7.09. The van der Waals surface area contributed by atoms with Crippen LogP contribution in [0.4, 0.5) is 5.82 Å². The second-order valence-corrected chi connectivity index (χ2v) is 5.51. The average Bonchev–Trinajstić information content (AvgIpc) is 2.85. The number of carbonyl (C=O) groups excluding carboxylic acids is 1. The van der Waals surface area contributed by atoms with E-state index in [9.17, 15) is 4.79 Å². The van der Waals surface area contributed by atoms with Gasteiger partial charge in [0, 0.05) is 18.8 Å². The lowest BCUT2D eigenvalue weighted by molar-refractivity contribution is -0.117. The maximum Gasteiger partial charge on any atom is 0.240 e. The van der Waals surface area contributed by atoms with E-state index in [1.807, 2.05) is 7.05 Å². The molecular weight excluding hydrogens is 284 g/mol. The van der Waals surface area contributed by atoms with Gasteiger partial charge in [0.25, 0.3) is 0 Å². The van der Waals surface area contributed by atoms with E-state index in [0.717, 1.165) is 6.42 Å². The quantitative estimate of drug-likeness (QED) is 0.818. The molecule has 0 aliphatic rings. The molecule has 0 spiro atoms. The lowest BCUT2D eigenvalue weighted by Gasteiger charge is -2.13. The van der Waals surface area contributed by atoms with Crippen LogP contribution in [-0.4, -0.2) is 44.5 Å². The van der Waals surface area contributed by atoms with Crippen LogP contribution < -0.4 is 5.32 Å². The molecule has 0 radical (unpaired) electrons. The molecule has 22 heavy (non-hydrogen) atoms. The third kappa shape index (κ3) is 5.21. The highest BCUT2D eigenvalue weighted by molar-refractivity contribution is 5.91. The SMILES string of the molecule is CC(C)Cc1noc(CN(C)CC(=O)Nc2cnccn2)n1. The third-order valence-corrected chi connectivity index (χ3v) is 2.75. The number of nitrogens with one attached hydrogen (secondary N) is 1. The van der Waals surface area contributed by atoms with Crippen molar-refractivity contribution in [3.8, 4) is 0 Å². The molecule has 2 aromatic rings. The van der Waals surface area contributed by atoms with Crippen LogP contribution in [0.1, 0.15) is 25.6 Å². The number of hydrogen-bond acceptors (Lipinski definition) is 7. The molecule has 0 bridgehead atoms. The molecule has 0 saturated carbocycles. The van der Waals surface area contributed by atoms with Gasteiger partial charge in [-0.1, -0.05) is 19.0 Å². The van der Waals surface area contributed by atoms with Crippen molar-refractivity contribution in [3.05, 3.63) is 30.3 Å². The summed E-state index contributed by atoms with van der Waals surface area (Å²) < 4.78 is 5.18. The summed E-state index contributed by atoms with van der Waals surface area (Å²) >= 11 is 0. The highest BCUT2D eigenvalue weighted by Crippen LogP contribution is 2.06. The summed E-state index contributed by atoms with van der Waals surface area (Å²) in [5.41, 5.74) is 0. The van der Waals surface area contributed by atoms with E-state index >= 15 is 0 Å². The van der Waals surface area contributed by atoms with E-state index in [0.29, 0.717) is 30.0 Å². The van der Waals surface area contributed by atoms with Gasteiger partial charge in [-0.15, -0.1) is 0 Å². The Bertz CT molecular complexity index is 598. The Kier molecular flexibility index (Phi) is 5.54. The van der Waals surface area contributed by atoms with Gasteiger partial charge in [0.05, 0.1) is 19.3 Å². The zero-order chi connectivity index (χ0) is 15.9. The van der Waals surface area contributed by atoms with E-state index in [2.05, 4.69) is 39.3 Å². The summed E-state index contributed by atoms with van der Waals surface area (Å²) in [4.78, 5) is 25.8. The number of hydrogen-bond donors (Lipinski definition) is 1. The van der Waals surface area contributed by atoms with Gasteiger partial charge in [-0.05, 0) is 13.0 Å². The first-order chi connectivity index (χ1) is 10.5. The zero-order valence-corrected chi connectivity index (χ0v) is 13.0. The van der Waals surface area contributed by atoms with Crippen LogP contribution in [0, 0.1) is 5.92 Å². The van der Waals surface area contributed by atoms with Gasteiger partial charge >= 0.3 is 0 Å². The minimum Gasteiger partial charge on any atom is -0.338 e. The fourth-order valence-electron chi connectivity index (χ4n) is 1.88. The Morgan fingerprint density at radius 1 is 1.41 bits per heavy atom. The normalized spacial score (nSPS) is 11.1. The Balaban J connectivity index is 1.81. The lowest BCUT2D eigenvalue weighted by atomic mass is 10.1. The third-order valence-electron chi connectivity index (χ3n) is 2.75. The fraction of sp³-hybridized carbons (Fsp3) is 0.500. The highest BCUT2D eigenvalue weighted by Gasteiger charge is 2.13. The number of likely N-dealkylation sites (N-methyl/N-ethyl adjacent to an activating group) is 1. The summed E-state index contributed by atoms with van der Waals surface area (Å²) in [6.07, 6.45) is 5.34. The van der Waals surface area contributed by atoms with Gasteiger partial charge in [0.15, 0.2) is 11.6 Å². The van der Waals surface area contributed by atoms with Gasteiger partial charge in [-0.25, -0.2) is 4.98 Å².